The van der Waals surface area contributed by atoms with Crippen LogP contribution in [-0.2, 0) is 19.5 Å². The second kappa shape index (κ2) is 3.84. The Hall–Kier alpha value is -0.830. The summed E-state index contributed by atoms with van der Waals surface area (Å²) in [6, 6.07) is 0. The van der Waals surface area contributed by atoms with Gasteiger partial charge in [0.2, 0.25) is 0 Å². The van der Waals surface area contributed by atoms with Crippen LogP contribution in [0.2, 0.25) is 0 Å². The third kappa shape index (κ3) is 1.90. The third-order valence-corrected chi connectivity index (χ3v) is 4.42. The van der Waals surface area contributed by atoms with Crippen molar-refractivity contribution in [3.63, 3.8) is 0 Å². The summed E-state index contributed by atoms with van der Waals surface area (Å²) in [7, 11) is 0. The molecule has 2 saturated carbocycles. The zero-order valence-electron chi connectivity index (χ0n) is 10.4. The van der Waals surface area contributed by atoms with Crippen molar-refractivity contribution in [3.8, 4) is 0 Å². The molecular weight excluding hydrogens is 210 g/mol. The Kier molecular flexibility index (Phi) is 2.29. The highest BCUT2D eigenvalue weighted by Crippen LogP contribution is 2.41. The van der Waals surface area contributed by atoms with Crippen LogP contribution in [-0.4, -0.2) is 16.1 Å². The Morgan fingerprint density at radius 3 is 2.88 bits per heavy atom. The number of nitrogens with one attached hydrogen (secondary N) is 1. The minimum absolute atomic E-state index is 0.791. The number of aromatic nitrogens is 2. The largest absolute Gasteiger partial charge is 0.331 e. The first kappa shape index (κ1) is 10.1. The van der Waals surface area contributed by atoms with Gasteiger partial charge in [-0.1, -0.05) is 12.8 Å². The summed E-state index contributed by atoms with van der Waals surface area (Å²) < 4.78 is 2.59. The minimum Gasteiger partial charge on any atom is -0.331 e. The van der Waals surface area contributed by atoms with Gasteiger partial charge in [0.15, 0.2) is 0 Å². The van der Waals surface area contributed by atoms with E-state index in [2.05, 4.69) is 9.88 Å². The van der Waals surface area contributed by atoms with Gasteiger partial charge < -0.3 is 9.88 Å². The quantitative estimate of drug-likeness (QED) is 0.861. The molecule has 2 aliphatic carbocycles. The third-order valence-electron chi connectivity index (χ3n) is 4.42. The van der Waals surface area contributed by atoms with Crippen LogP contribution in [0.5, 0.6) is 0 Å². The molecule has 3 nitrogen and oxygen atoms in total. The van der Waals surface area contributed by atoms with Crippen molar-refractivity contribution in [1.29, 1.82) is 0 Å². The van der Waals surface area contributed by atoms with E-state index < -0.39 is 0 Å². The molecule has 1 N–H and O–H groups in total. The van der Waals surface area contributed by atoms with Crippen LogP contribution >= 0.6 is 0 Å². The average Bonchev–Trinajstić information content (AvgIpc) is 3.24. The molecule has 4 rings (SSSR count). The summed E-state index contributed by atoms with van der Waals surface area (Å²) >= 11 is 0. The van der Waals surface area contributed by atoms with Crippen molar-refractivity contribution < 1.29 is 0 Å². The lowest BCUT2D eigenvalue weighted by Gasteiger charge is -2.16. The molecular formula is C14H21N3. The molecule has 0 spiro atoms. The molecule has 3 aliphatic rings. The highest BCUT2D eigenvalue weighted by atomic mass is 15.1. The lowest BCUT2D eigenvalue weighted by Crippen LogP contribution is -2.25. The van der Waals surface area contributed by atoms with Crippen LogP contribution < -0.4 is 5.32 Å². The smallest absolute Gasteiger partial charge is 0.112 e. The van der Waals surface area contributed by atoms with Gasteiger partial charge in [0.05, 0.1) is 5.69 Å². The first-order chi connectivity index (χ1) is 8.42. The Balaban J connectivity index is 1.64. The second-order valence-electron chi connectivity index (χ2n) is 5.95. The summed E-state index contributed by atoms with van der Waals surface area (Å²) in [6.45, 7) is 3.36. The van der Waals surface area contributed by atoms with Crippen LogP contribution in [0.1, 0.15) is 55.2 Å². The van der Waals surface area contributed by atoms with E-state index in [1.807, 2.05) is 0 Å². The molecule has 0 bridgehead atoms. The number of hydrogen-bond donors (Lipinski definition) is 1. The van der Waals surface area contributed by atoms with Gasteiger partial charge in [-0.25, -0.2) is 4.98 Å². The molecule has 0 unspecified atom stereocenters. The molecule has 0 atom stereocenters. The molecule has 0 aromatic carbocycles. The van der Waals surface area contributed by atoms with E-state index in [9.17, 15) is 0 Å². The van der Waals surface area contributed by atoms with Gasteiger partial charge in [0.25, 0.3) is 0 Å². The molecule has 0 saturated heterocycles. The van der Waals surface area contributed by atoms with Crippen molar-refractivity contribution >= 4 is 0 Å². The van der Waals surface area contributed by atoms with E-state index in [0.717, 1.165) is 24.9 Å². The monoisotopic (exact) mass is 231 g/mol. The van der Waals surface area contributed by atoms with Gasteiger partial charge in [0.1, 0.15) is 5.82 Å². The minimum atomic E-state index is 0.791. The Labute approximate surface area is 103 Å². The molecule has 0 radical (unpaired) electrons. The number of hydrogen-bond acceptors (Lipinski definition) is 2. The van der Waals surface area contributed by atoms with Gasteiger partial charge >= 0.3 is 0 Å². The highest BCUT2D eigenvalue weighted by molar-refractivity contribution is 5.24. The normalized spacial score (nSPS) is 23.8. The summed E-state index contributed by atoms with van der Waals surface area (Å²) in [5, 5.41) is 3.44. The number of nitrogens with zero attached hydrogens (tertiary/aromatic N) is 2. The summed E-state index contributed by atoms with van der Waals surface area (Å²) in [5.41, 5.74) is 2.89. The fourth-order valence-corrected chi connectivity index (χ4v) is 3.01. The topological polar surface area (TPSA) is 29.9 Å². The Morgan fingerprint density at radius 2 is 2.12 bits per heavy atom. The second-order valence-corrected chi connectivity index (χ2v) is 5.95. The van der Waals surface area contributed by atoms with Crippen LogP contribution in [0.15, 0.2) is 0 Å². The summed E-state index contributed by atoms with van der Waals surface area (Å²) in [4.78, 5) is 4.91. The maximum atomic E-state index is 4.91. The lowest BCUT2D eigenvalue weighted by atomic mass is 10.1. The van der Waals surface area contributed by atoms with Crippen molar-refractivity contribution in [2.45, 2.75) is 57.5 Å². The fourth-order valence-electron chi connectivity index (χ4n) is 3.01. The van der Waals surface area contributed by atoms with E-state index in [-0.39, 0.29) is 0 Å². The Morgan fingerprint density at radius 1 is 1.24 bits per heavy atom. The van der Waals surface area contributed by atoms with Crippen LogP contribution in [0.4, 0.5) is 0 Å². The van der Waals surface area contributed by atoms with Gasteiger partial charge in [-0.3, -0.25) is 0 Å². The van der Waals surface area contributed by atoms with Crippen molar-refractivity contribution in [2.24, 2.45) is 5.92 Å². The van der Waals surface area contributed by atoms with Crippen LogP contribution in [0.3, 0.4) is 0 Å². The van der Waals surface area contributed by atoms with E-state index in [4.69, 9.17) is 4.98 Å². The molecule has 17 heavy (non-hydrogen) atoms. The molecule has 1 aromatic heterocycles. The molecule has 1 aliphatic heterocycles. The highest BCUT2D eigenvalue weighted by Gasteiger charge is 2.32. The van der Waals surface area contributed by atoms with Gasteiger partial charge in [0, 0.05) is 37.7 Å². The molecule has 2 heterocycles. The zero-order valence-corrected chi connectivity index (χ0v) is 10.4. The van der Waals surface area contributed by atoms with Crippen molar-refractivity contribution in [1.82, 2.24) is 14.9 Å². The fraction of sp³-hybridized carbons (Fsp3) is 0.786. The maximum absolute atomic E-state index is 4.91. The Bertz CT molecular complexity index is 427. The van der Waals surface area contributed by atoms with E-state index in [0.29, 0.717) is 0 Å². The van der Waals surface area contributed by atoms with Crippen molar-refractivity contribution in [3.05, 3.63) is 17.2 Å². The molecule has 3 heteroatoms. The number of imidazole rings is 1. The first-order valence-corrected chi connectivity index (χ1v) is 7.20. The zero-order chi connectivity index (χ0) is 11.2. The lowest BCUT2D eigenvalue weighted by molar-refractivity contribution is 0.538. The molecule has 92 valence electrons. The van der Waals surface area contributed by atoms with E-state index in [1.54, 1.807) is 5.69 Å². The van der Waals surface area contributed by atoms with E-state index >= 15 is 0 Å². The average molecular weight is 231 g/mol. The van der Waals surface area contributed by atoms with Gasteiger partial charge in [-0.05, 0) is 25.2 Å². The number of rotatable bonds is 4. The van der Waals surface area contributed by atoms with E-state index in [1.165, 1.54) is 56.6 Å². The molecule has 1 aromatic rings. The van der Waals surface area contributed by atoms with Gasteiger partial charge in [-0.15, -0.1) is 0 Å². The summed E-state index contributed by atoms with van der Waals surface area (Å²) in [6.07, 6.45) is 8.24. The standard InChI is InChI=1S/C14H21N3/c1-2-10(1)6-8-17-13-5-7-15-9-12(13)16-14(17)11-3-4-11/h10-11,15H,1-9H2. The van der Waals surface area contributed by atoms with Gasteiger partial charge in [-0.2, -0.15) is 0 Å². The predicted molar refractivity (Wildman–Crippen MR) is 67.0 cm³/mol. The summed E-state index contributed by atoms with van der Waals surface area (Å²) in [5.74, 6) is 3.24. The maximum Gasteiger partial charge on any atom is 0.112 e. The predicted octanol–water partition coefficient (Wildman–Crippen LogP) is 2.21. The van der Waals surface area contributed by atoms with Crippen LogP contribution in [0, 0.1) is 5.92 Å². The van der Waals surface area contributed by atoms with Crippen LogP contribution in [0.25, 0.3) is 0 Å². The SMILES string of the molecule is C1Cc2c(nc(C3CC3)n2CCC2CC2)CN1. The van der Waals surface area contributed by atoms with Crippen molar-refractivity contribution in [2.75, 3.05) is 6.54 Å². The number of fused-ring (bicyclic) bond motifs is 1. The molecule has 2 fully saturated rings. The first-order valence-electron chi connectivity index (χ1n) is 7.20. The molecule has 0 amide bonds.